The van der Waals surface area contributed by atoms with Crippen molar-refractivity contribution < 1.29 is 0 Å². The van der Waals surface area contributed by atoms with Crippen molar-refractivity contribution in [2.75, 3.05) is 0 Å². The van der Waals surface area contributed by atoms with Crippen LogP contribution in [0.2, 0.25) is 0 Å². The number of alkyl halides is 4. The fourth-order valence-corrected chi connectivity index (χ4v) is 3.70. The van der Waals surface area contributed by atoms with Gasteiger partial charge in [-0.05, 0) is 12.8 Å². The Balaban J connectivity index is 4.23. The second-order valence-corrected chi connectivity index (χ2v) is 6.79. The van der Waals surface area contributed by atoms with Gasteiger partial charge in [0.1, 0.15) is 0 Å². The maximum Gasteiger partial charge on any atom is 0.194 e. The number of halogens is 4. The van der Waals surface area contributed by atoms with E-state index in [1.165, 1.54) is 0 Å². The molecule has 13 heavy (non-hydrogen) atoms. The third-order valence-corrected chi connectivity index (χ3v) is 3.96. The van der Waals surface area contributed by atoms with E-state index in [9.17, 15) is 0 Å². The maximum atomic E-state index is 5.91. The van der Waals surface area contributed by atoms with Crippen LogP contribution >= 0.6 is 50.7 Å². The molecule has 0 radical (unpaired) electrons. The third kappa shape index (κ3) is 5.71. The van der Waals surface area contributed by atoms with E-state index in [0.717, 1.165) is 25.7 Å². The van der Waals surface area contributed by atoms with Gasteiger partial charge in [-0.2, -0.15) is 0 Å². The lowest BCUT2D eigenvalue weighted by Crippen LogP contribution is -2.28. The summed E-state index contributed by atoms with van der Waals surface area (Å²) in [6, 6.07) is 0. The van der Waals surface area contributed by atoms with Crippen LogP contribution in [0.25, 0.3) is 0 Å². The highest BCUT2D eigenvalue weighted by Crippen LogP contribution is 2.42. The Labute approximate surface area is 104 Å². The summed E-state index contributed by atoms with van der Waals surface area (Å²) in [5, 5.41) is 0. The Hall–Kier alpha value is 1.35. The molecule has 4 heteroatoms. The van der Waals surface area contributed by atoms with Crippen molar-refractivity contribution in [3.63, 3.8) is 0 Å². The van der Waals surface area contributed by atoms with Gasteiger partial charge in [0.15, 0.2) is 3.79 Å². The molecule has 0 nitrogen and oxygen atoms in total. The second kappa shape index (κ2) is 6.76. The van der Waals surface area contributed by atoms with E-state index in [1.807, 2.05) is 0 Å². The summed E-state index contributed by atoms with van der Waals surface area (Å²) in [7, 11) is 0. The minimum Gasteiger partial charge on any atom is -0.0886 e. The van der Waals surface area contributed by atoms with Gasteiger partial charge in [0, 0.05) is 10.7 Å². The van der Waals surface area contributed by atoms with E-state index in [2.05, 4.69) is 29.8 Å². The predicted molar refractivity (Wildman–Crippen MR) is 66.3 cm³/mol. The van der Waals surface area contributed by atoms with E-state index in [0.29, 0.717) is 4.83 Å². The molecule has 0 aromatic carbocycles. The van der Waals surface area contributed by atoms with Gasteiger partial charge < -0.3 is 0 Å². The van der Waals surface area contributed by atoms with Crippen molar-refractivity contribution in [3.05, 3.63) is 0 Å². The van der Waals surface area contributed by atoms with E-state index in [4.69, 9.17) is 34.8 Å². The van der Waals surface area contributed by atoms with Crippen LogP contribution in [0.15, 0.2) is 0 Å². The first-order chi connectivity index (χ1) is 5.93. The molecule has 0 aliphatic heterocycles. The largest absolute Gasteiger partial charge is 0.194 e. The van der Waals surface area contributed by atoms with Crippen LogP contribution in [0.5, 0.6) is 0 Å². The summed E-state index contributed by atoms with van der Waals surface area (Å²) in [4.78, 5) is 0.310. The molecule has 0 fully saturated rings. The minimum atomic E-state index is -1.14. The topological polar surface area (TPSA) is 0 Å². The molecule has 0 N–H and O–H groups in total. The van der Waals surface area contributed by atoms with Crippen LogP contribution in [0.3, 0.4) is 0 Å². The lowest BCUT2D eigenvalue weighted by atomic mass is 9.98. The van der Waals surface area contributed by atoms with Crippen LogP contribution < -0.4 is 0 Å². The minimum absolute atomic E-state index is 0.113. The van der Waals surface area contributed by atoms with E-state index < -0.39 is 3.79 Å². The molecule has 0 unspecified atom stereocenters. The Bertz CT molecular complexity index is 133. The molecular weight excluding hydrogens is 294 g/mol. The first-order valence-electron chi connectivity index (χ1n) is 4.64. The number of hydrogen-bond acceptors (Lipinski definition) is 0. The highest BCUT2D eigenvalue weighted by Gasteiger charge is 2.36. The maximum absolute atomic E-state index is 5.91. The normalized spacial score (nSPS) is 17.1. The van der Waals surface area contributed by atoms with Crippen LogP contribution in [0.4, 0.5) is 0 Å². The Morgan fingerprint density at radius 3 is 1.85 bits per heavy atom. The third-order valence-electron chi connectivity index (χ3n) is 2.02. The zero-order valence-corrected chi connectivity index (χ0v) is 11.8. The fraction of sp³-hybridized carbons (Fsp3) is 1.00. The van der Waals surface area contributed by atoms with E-state index in [-0.39, 0.29) is 5.92 Å². The molecule has 0 aliphatic carbocycles. The van der Waals surface area contributed by atoms with Gasteiger partial charge in [-0.15, -0.1) is 0 Å². The first kappa shape index (κ1) is 14.3. The van der Waals surface area contributed by atoms with Gasteiger partial charge in [0.2, 0.25) is 0 Å². The number of rotatable bonds is 5. The molecule has 0 rings (SSSR count). The van der Waals surface area contributed by atoms with Gasteiger partial charge in [0.05, 0.1) is 0 Å². The summed E-state index contributed by atoms with van der Waals surface area (Å²) in [5.41, 5.74) is 0. The monoisotopic (exact) mass is 308 g/mol. The lowest BCUT2D eigenvalue weighted by molar-refractivity contribution is 0.454. The molecule has 0 heterocycles. The summed E-state index contributed by atoms with van der Waals surface area (Å²) < 4.78 is -1.14. The van der Waals surface area contributed by atoms with Gasteiger partial charge in [-0.3, -0.25) is 0 Å². The van der Waals surface area contributed by atoms with Crippen molar-refractivity contribution in [1.29, 1.82) is 0 Å². The van der Waals surface area contributed by atoms with Crippen molar-refractivity contribution in [2.45, 2.75) is 48.2 Å². The summed E-state index contributed by atoms with van der Waals surface area (Å²) in [6.07, 6.45) is 4.16. The standard InChI is InChI=1S/C9H16BrCl3/c1-3-5-7(9(11,12)13)8(10)6-4-2/h7-8H,3-6H2,1-2H3/t7-,8+/m1/s1. The average Bonchev–Trinajstić information content (AvgIpc) is 1.98. The highest BCUT2D eigenvalue weighted by molar-refractivity contribution is 9.09. The molecule has 0 bridgehead atoms. The smallest absolute Gasteiger partial charge is 0.0886 e. The van der Waals surface area contributed by atoms with E-state index in [1.54, 1.807) is 0 Å². The summed E-state index contributed by atoms with van der Waals surface area (Å²) in [6.45, 7) is 4.24. The van der Waals surface area contributed by atoms with Crippen LogP contribution in [0, 0.1) is 5.92 Å². The van der Waals surface area contributed by atoms with Gasteiger partial charge in [-0.1, -0.05) is 77.4 Å². The summed E-state index contributed by atoms with van der Waals surface area (Å²) >= 11 is 21.3. The van der Waals surface area contributed by atoms with Crippen LogP contribution in [-0.2, 0) is 0 Å². The average molecular weight is 310 g/mol. The molecule has 0 aromatic heterocycles. The Morgan fingerprint density at radius 1 is 1.08 bits per heavy atom. The van der Waals surface area contributed by atoms with Gasteiger partial charge in [0.25, 0.3) is 0 Å². The molecule has 0 saturated carbocycles. The van der Waals surface area contributed by atoms with Gasteiger partial charge >= 0.3 is 0 Å². The Kier molecular flexibility index (Phi) is 7.47. The quantitative estimate of drug-likeness (QED) is 0.602. The van der Waals surface area contributed by atoms with E-state index >= 15 is 0 Å². The van der Waals surface area contributed by atoms with Crippen molar-refractivity contribution in [2.24, 2.45) is 5.92 Å². The summed E-state index contributed by atoms with van der Waals surface area (Å²) in [5.74, 6) is 0.113. The Morgan fingerprint density at radius 2 is 1.54 bits per heavy atom. The van der Waals surface area contributed by atoms with Crippen molar-refractivity contribution >= 4 is 50.7 Å². The van der Waals surface area contributed by atoms with Crippen LogP contribution in [-0.4, -0.2) is 8.62 Å². The van der Waals surface area contributed by atoms with Crippen LogP contribution in [0.1, 0.15) is 39.5 Å². The molecule has 0 aliphatic rings. The molecule has 80 valence electrons. The van der Waals surface area contributed by atoms with Crippen molar-refractivity contribution in [3.8, 4) is 0 Å². The zero-order chi connectivity index (χ0) is 10.5. The van der Waals surface area contributed by atoms with Crippen molar-refractivity contribution in [1.82, 2.24) is 0 Å². The molecule has 0 spiro atoms. The number of hydrogen-bond donors (Lipinski definition) is 0. The lowest BCUT2D eigenvalue weighted by Gasteiger charge is -2.28. The fourth-order valence-electron chi connectivity index (χ4n) is 1.34. The predicted octanol–water partition coefficient (Wildman–Crippen LogP) is 5.34. The SMILES string of the molecule is CCC[C@H]([C@@H](Br)CCC)C(Cl)(Cl)Cl. The van der Waals surface area contributed by atoms with Gasteiger partial charge in [-0.25, -0.2) is 0 Å². The second-order valence-electron chi connectivity index (χ2n) is 3.24. The molecular formula is C9H16BrCl3. The molecule has 2 atom stereocenters. The first-order valence-corrected chi connectivity index (χ1v) is 6.69. The molecule has 0 saturated heterocycles. The zero-order valence-electron chi connectivity index (χ0n) is 7.99. The molecule has 0 aromatic rings. The molecule has 0 amide bonds. The highest BCUT2D eigenvalue weighted by atomic mass is 79.9.